The summed E-state index contributed by atoms with van der Waals surface area (Å²) in [4.78, 5) is 12.8. The molecule has 0 aliphatic carbocycles. The minimum atomic E-state index is -2.76. The summed E-state index contributed by atoms with van der Waals surface area (Å²) < 4.78 is 10.2. The van der Waals surface area contributed by atoms with Gasteiger partial charge in [-0.25, -0.2) is 0 Å². The van der Waals surface area contributed by atoms with Gasteiger partial charge in [0.1, 0.15) is 0 Å². The molecule has 0 aromatic rings. The summed E-state index contributed by atoms with van der Waals surface area (Å²) in [6, 6.07) is 0. The van der Waals surface area contributed by atoms with Crippen LogP contribution in [0.5, 0.6) is 0 Å². The van der Waals surface area contributed by atoms with Gasteiger partial charge in [-0.1, -0.05) is 0 Å². The molecule has 0 rings (SSSR count). The van der Waals surface area contributed by atoms with E-state index in [-0.39, 0.29) is 11.9 Å². The number of carbonyl (C=O) groups is 1. The van der Waals surface area contributed by atoms with Crippen molar-refractivity contribution < 1.29 is 7.87 Å². The van der Waals surface area contributed by atoms with Crippen LogP contribution in [0.1, 0.15) is 98.8 Å². The van der Waals surface area contributed by atoms with Gasteiger partial charge in [-0.2, -0.15) is 0 Å². The summed E-state index contributed by atoms with van der Waals surface area (Å²) in [5.74, 6) is 0.316. The van der Waals surface area contributed by atoms with Crippen LogP contribution in [0.15, 0.2) is 0 Å². The summed E-state index contributed by atoms with van der Waals surface area (Å²) in [5.41, 5.74) is 0. The molecule has 1 atom stereocenters. The van der Waals surface area contributed by atoms with Gasteiger partial charge in [0.15, 0.2) is 0 Å². The van der Waals surface area contributed by atoms with E-state index in [0.29, 0.717) is 0 Å². The molecule has 0 aliphatic rings. The van der Waals surface area contributed by atoms with Crippen molar-refractivity contribution in [2.24, 2.45) is 5.92 Å². The van der Waals surface area contributed by atoms with Crippen molar-refractivity contribution in [1.29, 1.82) is 0 Å². The zero-order chi connectivity index (χ0) is 17.6. The Hall–Kier alpha value is 0.269. The monoisotopic (exact) mass is 434 g/mol. The molecule has 0 bridgehead atoms. The molecule has 0 radical (unpaired) electrons. The Morgan fingerprint density at radius 1 is 0.783 bits per heavy atom. The van der Waals surface area contributed by atoms with Crippen molar-refractivity contribution in [3.05, 3.63) is 0 Å². The van der Waals surface area contributed by atoms with Gasteiger partial charge < -0.3 is 0 Å². The van der Waals surface area contributed by atoms with E-state index < -0.39 is 18.8 Å². The van der Waals surface area contributed by atoms with Gasteiger partial charge in [-0.3, -0.25) is 0 Å². The van der Waals surface area contributed by atoms with Gasteiger partial charge in [0.25, 0.3) is 0 Å². The Morgan fingerprint density at radius 2 is 1.22 bits per heavy atom. The normalized spacial score (nSPS) is 13.1. The summed E-state index contributed by atoms with van der Waals surface area (Å²) >= 11 is -2.76. The van der Waals surface area contributed by atoms with Gasteiger partial charge in [0.2, 0.25) is 0 Å². The Balaban J connectivity index is 4.99. The van der Waals surface area contributed by atoms with E-state index in [4.69, 9.17) is 3.07 Å². The van der Waals surface area contributed by atoms with Crippen LogP contribution < -0.4 is 0 Å². The summed E-state index contributed by atoms with van der Waals surface area (Å²) in [6.07, 6.45) is 11.7. The third-order valence-electron chi connectivity index (χ3n) is 5.01. The van der Waals surface area contributed by atoms with Crippen LogP contribution in [-0.2, 0) is 7.87 Å². The fourth-order valence-electron chi connectivity index (χ4n) is 3.26. The van der Waals surface area contributed by atoms with Crippen molar-refractivity contribution in [3.63, 3.8) is 0 Å². The maximum absolute atomic E-state index is 12.8. The Bertz CT molecular complexity index is 270. The van der Waals surface area contributed by atoms with Crippen molar-refractivity contribution in [2.45, 2.75) is 112 Å². The van der Waals surface area contributed by atoms with Gasteiger partial charge in [-0.05, 0) is 0 Å². The number of hydrogen-bond donors (Lipinski definition) is 0. The Morgan fingerprint density at radius 3 is 1.57 bits per heavy atom. The number of rotatable bonds is 15. The molecule has 0 aromatic heterocycles. The molecule has 0 fully saturated rings. The molecule has 0 amide bonds. The molecular formula is C20H42O2Sn. The average molecular weight is 433 g/mol. The maximum atomic E-state index is 12.8. The van der Waals surface area contributed by atoms with E-state index in [0.717, 1.165) is 19.3 Å². The second-order valence-corrected chi connectivity index (χ2v) is 18.8. The predicted molar refractivity (Wildman–Crippen MR) is 104 cm³/mol. The second kappa shape index (κ2) is 14.6. The van der Waals surface area contributed by atoms with Crippen LogP contribution in [0.4, 0.5) is 0 Å². The van der Waals surface area contributed by atoms with Gasteiger partial charge in [-0.15, -0.1) is 0 Å². The van der Waals surface area contributed by atoms with Crippen molar-refractivity contribution >= 4 is 24.8 Å². The van der Waals surface area contributed by atoms with E-state index >= 15 is 0 Å². The molecule has 0 saturated carbocycles. The van der Waals surface area contributed by atoms with E-state index in [9.17, 15) is 4.79 Å². The first-order valence-corrected chi connectivity index (χ1v) is 17.5. The third-order valence-corrected chi connectivity index (χ3v) is 17.6. The Labute approximate surface area is 150 Å². The molecule has 0 heterocycles. The van der Waals surface area contributed by atoms with Crippen LogP contribution in [0, 0.1) is 5.92 Å². The first-order chi connectivity index (χ1) is 11.1. The molecular weight excluding hydrogens is 391 g/mol. The van der Waals surface area contributed by atoms with E-state index in [2.05, 4.69) is 34.6 Å². The predicted octanol–water partition coefficient (Wildman–Crippen LogP) is 7.09. The van der Waals surface area contributed by atoms with E-state index in [1.165, 1.54) is 58.3 Å². The molecule has 0 N–H and O–H groups in total. The molecule has 0 aromatic carbocycles. The SMILES string of the molecule is CCCCC(CC)C(=O)[O][Sn]([CH2]CCC)([CH2]CCC)[CH2]CCC. The minimum absolute atomic E-state index is 0.149. The molecule has 23 heavy (non-hydrogen) atoms. The fraction of sp³-hybridized carbons (Fsp3) is 0.950. The quantitative estimate of drug-likeness (QED) is 0.258. The van der Waals surface area contributed by atoms with Gasteiger partial charge in [0.05, 0.1) is 0 Å². The molecule has 0 spiro atoms. The van der Waals surface area contributed by atoms with Crippen LogP contribution in [0.25, 0.3) is 0 Å². The molecule has 0 aliphatic heterocycles. The van der Waals surface area contributed by atoms with Gasteiger partial charge >= 0.3 is 151 Å². The summed E-state index contributed by atoms with van der Waals surface area (Å²) in [6.45, 7) is 11.1. The van der Waals surface area contributed by atoms with Crippen molar-refractivity contribution in [2.75, 3.05) is 0 Å². The topological polar surface area (TPSA) is 26.3 Å². The molecule has 138 valence electrons. The number of hydrogen-bond acceptors (Lipinski definition) is 2. The van der Waals surface area contributed by atoms with E-state index in [1.807, 2.05) is 0 Å². The first-order valence-electron chi connectivity index (χ1n) is 10.3. The Kier molecular flexibility index (Phi) is 14.8. The van der Waals surface area contributed by atoms with Crippen LogP contribution in [0.3, 0.4) is 0 Å². The zero-order valence-corrected chi connectivity index (χ0v) is 19.4. The summed E-state index contributed by atoms with van der Waals surface area (Å²) in [7, 11) is 0. The van der Waals surface area contributed by atoms with Crippen molar-refractivity contribution in [1.82, 2.24) is 0 Å². The molecule has 3 heteroatoms. The average Bonchev–Trinajstić information content (AvgIpc) is 2.56. The molecule has 2 nitrogen and oxygen atoms in total. The van der Waals surface area contributed by atoms with Crippen LogP contribution in [-0.4, -0.2) is 24.8 Å². The number of carbonyl (C=O) groups excluding carboxylic acids is 1. The van der Waals surface area contributed by atoms with Crippen LogP contribution >= 0.6 is 0 Å². The fourth-order valence-corrected chi connectivity index (χ4v) is 16.5. The molecule has 1 unspecified atom stereocenters. The van der Waals surface area contributed by atoms with E-state index in [1.54, 1.807) is 0 Å². The second-order valence-electron chi connectivity index (χ2n) is 7.16. The summed E-state index contributed by atoms with van der Waals surface area (Å²) in [5, 5.41) is 0. The standard InChI is InChI=1S/C8H16O2.3C4H9.Sn/c1-3-5-6-7(4-2)8(9)10;3*1-3-4-2;/h7H,3-6H2,1-2H3,(H,9,10);3*1,3-4H2,2H3;/q;;;;+1/p-1. The zero-order valence-electron chi connectivity index (χ0n) is 16.6. The third kappa shape index (κ3) is 9.99. The van der Waals surface area contributed by atoms with Crippen molar-refractivity contribution in [3.8, 4) is 0 Å². The number of unbranched alkanes of at least 4 members (excludes halogenated alkanes) is 4. The first kappa shape index (κ1) is 23.3. The molecule has 0 saturated heterocycles. The van der Waals surface area contributed by atoms with Gasteiger partial charge in [0, 0.05) is 0 Å². The van der Waals surface area contributed by atoms with Crippen LogP contribution in [0.2, 0.25) is 13.3 Å².